The molecule has 1 N–H and O–H groups in total. The van der Waals surface area contributed by atoms with E-state index in [1.807, 2.05) is 43.3 Å². The molecular weight excluding hydrogens is 316 g/mol. The number of rotatable bonds is 6. The molecule has 1 aliphatic rings. The van der Waals surface area contributed by atoms with Crippen LogP contribution in [0.1, 0.15) is 31.7 Å². The van der Waals surface area contributed by atoms with Crippen molar-refractivity contribution in [2.75, 3.05) is 13.7 Å². The van der Waals surface area contributed by atoms with Crippen LogP contribution in [0.4, 0.5) is 0 Å². The molecule has 1 fully saturated rings. The highest BCUT2D eigenvalue weighted by molar-refractivity contribution is 5.90. The molecule has 0 spiro atoms. The molecule has 1 heterocycles. The highest BCUT2D eigenvalue weighted by Gasteiger charge is 2.31. The number of hydrogen-bond acceptors (Lipinski definition) is 3. The Bertz CT molecular complexity index is 788. The number of ether oxygens (including phenoxy) is 1. The molecule has 5 nitrogen and oxygen atoms in total. The van der Waals surface area contributed by atoms with Crippen molar-refractivity contribution in [2.24, 2.45) is 0 Å². The first-order chi connectivity index (χ1) is 12.2. The summed E-state index contributed by atoms with van der Waals surface area (Å²) >= 11 is 0. The maximum Gasteiger partial charge on any atom is 0.243 e. The first-order valence-corrected chi connectivity index (χ1v) is 8.77. The lowest BCUT2D eigenvalue weighted by atomic mass is 10.0. The van der Waals surface area contributed by atoms with Crippen LogP contribution in [0.2, 0.25) is 0 Å². The number of carbonyl (C=O) groups is 2. The van der Waals surface area contributed by atoms with Gasteiger partial charge < -0.3 is 15.0 Å². The Labute approximate surface area is 148 Å². The van der Waals surface area contributed by atoms with Gasteiger partial charge in [0.25, 0.3) is 0 Å². The second-order valence-electron chi connectivity index (χ2n) is 6.30. The van der Waals surface area contributed by atoms with Gasteiger partial charge in [0.1, 0.15) is 11.8 Å². The summed E-state index contributed by atoms with van der Waals surface area (Å²) in [5, 5.41) is 5.17. The molecule has 2 amide bonds. The molecule has 5 heteroatoms. The fraction of sp³-hybridized carbons (Fsp3) is 0.400. The van der Waals surface area contributed by atoms with E-state index in [1.54, 1.807) is 12.0 Å². The van der Waals surface area contributed by atoms with Crippen molar-refractivity contribution in [2.45, 2.75) is 38.8 Å². The summed E-state index contributed by atoms with van der Waals surface area (Å²) in [5.41, 5.74) is 0.955. The van der Waals surface area contributed by atoms with Crippen molar-refractivity contribution in [3.63, 3.8) is 0 Å². The summed E-state index contributed by atoms with van der Waals surface area (Å²) in [6.45, 7) is 2.98. The fourth-order valence-corrected chi connectivity index (χ4v) is 3.53. The number of methoxy groups -OCH3 is 1. The maximum atomic E-state index is 12.7. The number of carbonyl (C=O) groups excluding carboxylic acids is 2. The monoisotopic (exact) mass is 340 g/mol. The SMILES string of the molecule is CC[C@H](C(=O)NCc1c(OC)ccc2ccccc12)N1CCCC1=O. The normalized spacial score (nSPS) is 15.4. The Balaban J connectivity index is 1.79. The Hall–Kier alpha value is -2.56. The number of amides is 2. The summed E-state index contributed by atoms with van der Waals surface area (Å²) in [7, 11) is 1.63. The highest BCUT2D eigenvalue weighted by Crippen LogP contribution is 2.28. The third-order valence-electron chi connectivity index (χ3n) is 4.83. The predicted octanol–water partition coefficient (Wildman–Crippen LogP) is 2.87. The summed E-state index contributed by atoms with van der Waals surface area (Å²) < 4.78 is 5.47. The number of likely N-dealkylation sites (tertiary alicyclic amines) is 1. The molecular formula is C20H24N2O3. The zero-order chi connectivity index (χ0) is 17.8. The van der Waals surface area contributed by atoms with E-state index in [9.17, 15) is 9.59 Å². The van der Waals surface area contributed by atoms with Gasteiger partial charge in [0.05, 0.1) is 7.11 Å². The van der Waals surface area contributed by atoms with Gasteiger partial charge in [-0.15, -0.1) is 0 Å². The molecule has 25 heavy (non-hydrogen) atoms. The summed E-state index contributed by atoms with van der Waals surface area (Å²) in [5.74, 6) is 0.724. The van der Waals surface area contributed by atoms with Crippen molar-refractivity contribution in [3.8, 4) is 5.75 Å². The van der Waals surface area contributed by atoms with Crippen LogP contribution in [0, 0.1) is 0 Å². The third kappa shape index (κ3) is 3.45. The standard InChI is InChI=1S/C20H24N2O3/c1-3-17(22-12-6-9-19(22)23)20(24)21-13-16-15-8-5-4-7-14(15)10-11-18(16)25-2/h4-5,7-8,10-11,17H,3,6,9,12-13H2,1-2H3,(H,21,24)/t17-/m1/s1. The van der Waals surface area contributed by atoms with Crippen molar-refractivity contribution < 1.29 is 14.3 Å². The van der Waals surface area contributed by atoms with E-state index >= 15 is 0 Å². The van der Waals surface area contributed by atoms with Crippen LogP contribution in [0.15, 0.2) is 36.4 Å². The smallest absolute Gasteiger partial charge is 0.243 e. The van der Waals surface area contributed by atoms with Crippen LogP contribution in [0.5, 0.6) is 5.75 Å². The van der Waals surface area contributed by atoms with Crippen LogP contribution in [-0.2, 0) is 16.1 Å². The van der Waals surface area contributed by atoms with Crippen LogP contribution in [0.3, 0.4) is 0 Å². The molecule has 0 radical (unpaired) electrons. The van der Waals surface area contributed by atoms with Crippen LogP contribution in [-0.4, -0.2) is 36.4 Å². The molecule has 0 saturated carbocycles. The number of nitrogens with zero attached hydrogens (tertiary/aromatic N) is 1. The zero-order valence-corrected chi connectivity index (χ0v) is 14.7. The van der Waals surface area contributed by atoms with E-state index in [-0.39, 0.29) is 11.8 Å². The van der Waals surface area contributed by atoms with Crippen molar-refractivity contribution in [3.05, 3.63) is 42.0 Å². The summed E-state index contributed by atoms with van der Waals surface area (Å²) in [6.07, 6.45) is 1.99. The number of nitrogens with one attached hydrogen (secondary N) is 1. The molecule has 0 aliphatic carbocycles. The molecule has 0 aromatic heterocycles. The second-order valence-corrected chi connectivity index (χ2v) is 6.30. The summed E-state index contributed by atoms with van der Waals surface area (Å²) in [4.78, 5) is 26.3. The minimum absolute atomic E-state index is 0.0738. The molecule has 0 unspecified atom stereocenters. The van der Waals surface area contributed by atoms with Gasteiger partial charge in [0.2, 0.25) is 11.8 Å². The van der Waals surface area contributed by atoms with E-state index in [1.165, 1.54) is 0 Å². The van der Waals surface area contributed by atoms with Crippen molar-refractivity contribution in [1.29, 1.82) is 0 Å². The number of hydrogen-bond donors (Lipinski definition) is 1. The predicted molar refractivity (Wildman–Crippen MR) is 97.4 cm³/mol. The van der Waals surface area contributed by atoms with Gasteiger partial charge in [0, 0.05) is 25.1 Å². The summed E-state index contributed by atoms with van der Waals surface area (Å²) in [6, 6.07) is 11.6. The molecule has 1 atom stereocenters. The highest BCUT2D eigenvalue weighted by atomic mass is 16.5. The van der Waals surface area contributed by atoms with E-state index in [0.29, 0.717) is 25.9 Å². The molecule has 0 bridgehead atoms. The van der Waals surface area contributed by atoms with Gasteiger partial charge in [-0.05, 0) is 29.7 Å². The van der Waals surface area contributed by atoms with Crippen molar-refractivity contribution in [1.82, 2.24) is 10.2 Å². The minimum atomic E-state index is -0.393. The lowest BCUT2D eigenvalue weighted by molar-refractivity contribution is -0.137. The fourth-order valence-electron chi connectivity index (χ4n) is 3.53. The van der Waals surface area contributed by atoms with Crippen LogP contribution < -0.4 is 10.1 Å². The quantitative estimate of drug-likeness (QED) is 0.880. The Morgan fingerprint density at radius 3 is 2.76 bits per heavy atom. The first-order valence-electron chi connectivity index (χ1n) is 8.77. The van der Waals surface area contributed by atoms with E-state index in [0.717, 1.165) is 28.5 Å². The average molecular weight is 340 g/mol. The topological polar surface area (TPSA) is 58.6 Å². The Morgan fingerprint density at radius 2 is 2.08 bits per heavy atom. The van der Waals surface area contributed by atoms with E-state index in [2.05, 4.69) is 5.32 Å². The van der Waals surface area contributed by atoms with E-state index in [4.69, 9.17) is 4.74 Å². The molecule has 2 aromatic rings. The Kier molecular flexibility index (Phi) is 5.22. The third-order valence-corrected chi connectivity index (χ3v) is 4.83. The molecule has 1 saturated heterocycles. The van der Waals surface area contributed by atoms with Gasteiger partial charge >= 0.3 is 0 Å². The van der Waals surface area contributed by atoms with Gasteiger partial charge in [-0.25, -0.2) is 0 Å². The van der Waals surface area contributed by atoms with Gasteiger partial charge in [0.15, 0.2) is 0 Å². The lowest BCUT2D eigenvalue weighted by Crippen LogP contribution is -2.46. The zero-order valence-electron chi connectivity index (χ0n) is 14.7. The molecule has 2 aromatic carbocycles. The number of benzene rings is 2. The molecule has 3 rings (SSSR count). The molecule has 1 aliphatic heterocycles. The molecule has 132 valence electrons. The lowest BCUT2D eigenvalue weighted by Gasteiger charge is -2.26. The van der Waals surface area contributed by atoms with Gasteiger partial charge in [-0.3, -0.25) is 9.59 Å². The number of fused-ring (bicyclic) bond motifs is 1. The van der Waals surface area contributed by atoms with Crippen LogP contribution >= 0.6 is 0 Å². The average Bonchev–Trinajstić information content (AvgIpc) is 3.06. The van der Waals surface area contributed by atoms with E-state index < -0.39 is 6.04 Å². The second kappa shape index (κ2) is 7.55. The van der Waals surface area contributed by atoms with Crippen LogP contribution in [0.25, 0.3) is 10.8 Å². The first kappa shape index (κ1) is 17.3. The minimum Gasteiger partial charge on any atom is -0.496 e. The maximum absolute atomic E-state index is 12.7. The Morgan fingerprint density at radius 1 is 1.28 bits per heavy atom. The largest absolute Gasteiger partial charge is 0.496 e. The van der Waals surface area contributed by atoms with Gasteiger partial charge in [-0.2, -0.15) is 0 Å². The van der Waals surface area contributed by atoms with Crippen molar-refractivity contribution >= 4 is 22.6 Å². The van der Waals surface area contributed by atoms with Gasteiger partial charge in [-0.1, -0.05) is 37.3 Å².